The normalized spacial score (nSPS) is 18.5. The van der Waals surface area contributed by atoms with E-state index in [4.69, 9.17) is 9.47 Å². The Bertz CT molecular complexity index is 1380. The molecule has 1 fully saturated rings. The number of aromatic carboxylic acids is 1. The number of hydrogen-bond acceptors (Lipinski definition) is 6. The average Bonchev–Trinajstić information content (AvgIpc) is 3.36. The molecule has 0 amide bonds. The number of carboxylic acid groups (broad SMARTS) is 1. The zero-order chi connectivity index (χ0) is 24.0. The standard InChI is InChI=1S/C23H26FN5O4Si/c1-34(2,3)7-6-32-12-29-10-15(23(30)31)20-22(29)25-9-18(26-20)19-14-5-4-13(8-17(14)27-28-19)16-11-33-21(16)24/h4-5,8-10,16,21H,6-7,11-12H2,1-3H3,(H,27,28)(H,30,31). The Balaban J connectivity index is 1.46. The minimum Gasteiger partial charge on any atom is -0.478 e. The second-order valence-corrected chi connectivity index (χ2v) is 15.4. The van der Waals surface area contributed by atoms with Gasteiger partial charge in [-0.1, -0.05) is 31.8 Å². The number of H-pyrrole nitrogens is 1. The van der Waals surface area contributed by atoms with Crippen molar-refractivity contribution in [1.82, 2.24) is 24.7 Å². The number of ether oxygens (including phenoxy) is 2. The summed E-state index contributed by atoms with van der Waals surface area (Å²) in [5.41, 5.74) is 3.34. The molecule has 1 aromatic carbocycles. The number of nitrogens with one attached hydrogen (secondary N) is 1. The van der Waals surface area contributed by atoms with E-state index in [0.717, 1.165) is 22.5 Å². The van der Waals surface area contributed by atoms with Crippen LogP contribution in [0, 0.1) is 0 Å². The molecular formula is C23H26FN5O4Si. The van der Waals surface area contributed by atoms with Crippen LogP contribution in [-0.2, 0) is 16.2 Å². The summed E-state index contributed by atoms with van der Waals surface area (Å²) in [5.74, 6) is -1.37. The Morgan fingerprint density at radius 3 is 2.88 bits per heavy atom. The molecule has 2 unspecified atom stereocenters. The maximum absolute atomic E-state index is 13.6. The van der Waals surface area contributed by atoms with Crippen molar-refractivity contribution in [2.75, 3.05) is 13.2 Å². The number of carbonyl (C=O) groups is 1. The first-order valence-corrected chi connectivity index (χ1v) is 14.8. The van der Waals surface area contributed by atoms with Crippen LogP contribution in [0.4, 0.5) is 4.39 Å². The summed E-state index contributed by atoms with van der Waals surface area (Å²) < 4.78 is 25.9. The number of fused-ring (bicyclic) bond motifs is 2. The maximum atomic E-state index is 13.6. The third-order valence-corrected chi connectivity index (χ3v) is 7.74. The van der Waals surface area contributed by atoms with Crippen molar-refractivity contribution in [3.8, 4) is 11.4 Å². The van der Waals surface area contributed by atoms with E-state index in [1.54, 1.807) is 10.8 Å². The summed E-state index contributed by atoms with van der Waals surface area (Å²) in [7, 11) is -1.23. The summed E-state index contributed by atoms with van der Waals surface area (Å²) in [6.45, 7) is 7.99. The fourth-order valence-corrected chi connectivity index (χ4v) is 4.69. The molecule has 0 bridgehead atoms. The second-order valence-electron chi connectivity index (χ2n) is 9.76. The molecule has 34 heavy (non-hydrogen) atoms. The molecule has 4 aromatic rings. The van der Waals surface area contributed by atoms with Gasteiger partial charge in [0.25, 0.3) is 0 Å². The van der Waals surface area contributed by atoms with Crippen LogP contribution in [0.5, 0.6) is 0 Å². The summed E-state index contributed by atoms with van der Waals surface area (Å²) in [6, 6.07) is 6.58. The van der Waals surface area contributed by atoms with Gasteiger partial charge in [0.1, 0.15) is 29.2 Å². The molecule has 4 heterocycles. The quantitative estimate of drug-likeness (QED) is 0.282. The molecular weight excluding hydrogens is 457 g/mol. The third kappa shape index (κ3) is 4.22. The minimum atomic E-state index is -1.29. The Morgan fingerprint density at radius 2 is 2.21 bits per heavy atom. The van der Waals surface area contributed by atoms with Crippen molar-refractivity contribution < 1.29 is 23.8 Å². The van der Waals surface area contributed by atoms with E-state index in [-0.39, 0.29) is 23.7 Å². The maximum Gasteiger partial charge on any atom is 0.339 e. The molecule has 0 saturated carbocycles. The van der Waals surface area contributed by atoms with Gasteiger partial charge < -0.3 is 19.1 Å². The lowest BCUT2D eigenvalue weighted by atomic mass is 9.95. The fourth-order valence-electron chi connectivity index (χ4n) is 3.94. The first-order chi connectivity index (χ1) is 16.2. The van der Waals surface area contributed by atoms with Gasteiger partial charge in [-0.2, -0.15) is 5.10 Å². The molecule has 2 N–H and O–H groups in total. The molecule has 178 valence electrons. The first-order valence-electron chi connectivity index (χ1n) is 11.1. The van der Waals surface area contributed by atoms with Crippen molar-refractivity contribution in [2.45, 2.75) is 44.7 Å². The highest BCUT2D eigenvalue weighted by molar-refractivity contribution is 6.76. The molecule has 9 nitrogen and oxygen atoms in total. The number of carboxylic acids is 1. The Hall–Kier alpha value is -3.15. The topological polar surface area (TPSA) is 115 Å². The average molecular weight is 484 g/mol. The lowest BCUT2D eigenvalue weighted by Gasteiger charge is -2.30. The van der Waals surface area contributed by atoms with E-state index in [1.165, 1.54) is 6.20 Å². The van der Waals surface area contributed by atoms with Gasteiger partial charge in [0.15, 0.2) is 5.65 Å². The van der Waals surface area contributed by atoms with Gasteiger partial charge in [0.2, 0.25) is 6.36 Å². The molecule has 3 aromatic heterocycles. The number of rotatable bonds is 8. The number of aromatic nitrogens is 5. The summed E-state index contributed by atoms with van der Waals surface area (Å²) in [6.07, 6.45) is 1.80. The molecule has 2 atom stereocenters. The molecule has 0 spiro atoms. The van der Waals surface area contributed by atoms with Crippen LogP contribution in [0.3, 0.4) is 0 Å². The highest BCUT2D eigenvalue weighted by Gasteiger charge is 2.33. The lowest BCUT2D eigenvalue weighted by molar-refractivity contribution is -0.154. The van der Waals surface area contributed by atoms with Crippen molar-refractivity contribution in [1.29, 1.82) is 0 Å². The molecule has 1 saturated heterocycles. The lowest BCUT2D eigenvalue weighted by Crippen LogP contribution is -2.33. The van der Waals surface area contributed by atoms with Crippen LogP contribution in [0.15, 0.2) is 30.6 Å². The summed E-state index contributed by atoms with van der Waals surface area (Å²) in [5, 5.41) is 17.8. The predicted molar refractivity (Wildman–Crippen MR) is 127 cm³/mol. The van der Waals surface area contributed by atoms with Gasteiger partial charge in [-0.3, -0.25) is 5.10 Å². The van der Waals surface area contributed by atoms with Crippen molar-refractivity contribution in [2.24, 2.45) is 0 Å². The van der Waals surface area contributed by atoms with Crippen LogP contribution in [0.2, 0.25) is 25.7 Å². The molecule has 5 rings (SSSR count). The molecule has 1 aliphatic rings. The zero-order valence-corrected chi connectivity index (χ0v) is 20.2. The summed E-state index contributed by atoms with van der Waals surface area (Å²) >= 11 is 0. The number of nitrogens with zero attached hydrogens (tertiary/aromatic N) is 4. The highest BCUT2D eigenvalue weighted by Crippen LogP contribution is 2.35. The number of aromatic amines is 1. The Kier molecular flexibility index (Phi) is 5.70. The van der Waals surface area contributed by atoms with E-state index in [0.29, 0.717) is 30.2 Å². The van der Waals surface area contributed by atoms with E-state index in [1.807, 2.05) is 18.2 Å². The third-order valence-electron chi connectivity index (χ3n) is 6.03. The van der Waals surface area contributed by atoms with Crippen LogP contribution in [0.1, 0.15) is 21.8 Å². The van der Waals surface area contributed by atoms with E-state index in [9.17, 15) is 14.3 Å². The largest absolute Gasteiger partial charge is 0.478 e. The molecule has 0 aliphatic carbocycles. The monoisotopic (exact) mass is 483 g/mol. The van der Waals surface area contributed by atoms with Crippen molar-refractivity contribution in [3.05, 3.63) is 41.7 Å². The highest BCUT2D eigenvalue weighted by atomic mass is 28.3. The number of alkyl halides is 1. The Labute approximate surface area is 195 Å². The van der Waals surface area contributed by atoms with Gasteiger partial charge in [0.05, 0.1) is 24.2 Å². The zero-order valence-electron chi connectivity index (χ0n) is 19.2. The predicted octanol–water partition coefficient (Wildman–Crippen LogP) is 4.39. The van der Waals surface area contributed by atoms with E-state index < -0.39 is 20.4 Å². The van der Waals surface area contributed by atoms with Gasteiger partial charge in [-0.15, -0.1) is 0 Å². The Morgan fingerprint density at radius 1 is 1.38 bits per heavy atom. The van der Waals surface area contributed by atoms with Crippen LogP contribution in [-0.4, -0.2) is 63.5 Å². The van der Waals surface area contributed by atoms with Gasteiger partial charge in [-0.25, -0.2) is 19.2 Å². The minimum absolute atomic E-state index is 0.0549. The molecule has 0 radical (unpaired) electrons. The SMILES string of the molecule is C[Si](C)(C)CCOCn1cc(C(=O)O)c2nc(-c3n[nH]c4cc(C5COC5F)ccc34)cnc21. The van der Waals surface area contributed by atoms with Crippen molar-refractivity contribution in [3.63, 3.8) is 0 Å². The van der Waals surface area contributed by atoms with Crippen LogP contribution >= 0.6 is 0 Å². The summed E-state index contributed by atoms with van der Waals surface area (Å²) in [4.78, 5) is 21.0. The van der Waals surface area contributed by atoms with Crippen molar-refractivity contribution >= 4 is 36.1 Å². The first kappa shape index (κ1) is 22.6. The number of hydrogen-bond donors (Lipinski definition) is 2. The molecule has 11 heteroatoms. The second kappa shape index (κ2) is 8.57. The van der Waals surface area contributed by atoms with E-state index in [2.05, 4.69) is 39.8 Å². The van der Waals surface area contributed by atoms with Gasteiger partial charge in [-0.05, 0) is 17.7 Å². The number of benzene rings is 1. The molecule has 1 aliphatic heterocycles. The smallest absolute Gasteiger partial charge is 0.339 e. The van der Waals surface area contributed by atoms with Crippen LogP contribution in [0.25, 0.3) is 33.5 Å². The van der Waals surface area contributed by atoms with Gasteiger partial charge in [0, 0.05) is 26.3 Å². The number of halogens is 1. The van der Waals surface area contributed by atoms with Crippen LogP contribution < -0.4 is 0 Å². The van der Waals surface area contributed by atoms with Gasteiger partial charge >= 0.3 is 5.97 Å². The fraction of sp³-hybridized carbons (Fsp3) is 0.391. The van der Waals surface area contributed by atoms with E-state index >= 15 is 0 Å².